The molecule has 0 saturated heterocycles. The highest BCUT2D eigenvalue weighted by Gasteiger charge is 2.63. The van der Waals surface area contributed by atoms with Crippen molar-refractivity contribution in [2.45, 2.75) is 91.1 Å². The third kappa shape index (κ3) is 2.97. The lowest BCUT2D eigenvalue weighted by molar-refractivity contribution is -0.171. The van der Waals surface area contributed by atoms with E-state index in [9.17, 15) is 14.7 Å². The molecule has 0 radical (unpaired) electrons. The smallest absolute Gasteiger partial charge is 0.303 e. The maximum absolute atomic E-state index is 12.1. The largest absolute Gasteiger partial charge is 0.481 e. The molecule has 4 heteroatoms. The second-order valence-electron chi connectivity index (χ2n) is 11.1. The number of ketones is 1. The fourth-order valence-electron chi connectivity index (χ4n) is 8.52. The van der Waals surface area contributed by atoms with Crippen LogP contribution in [0.4, 0.5) is 0 Å². The van der Waals surface area contributed by atoms with Crippen LogP contribution < -0.4 is 0 Å². The van der Waals surface area contributed by atoms with Crippen LogP contribution in [0.3, 0.4) is 0 Å². The lowest BCUT2D eigenvalue weighted by Gasteiger charge is -2.62. The number of hydrogen-bond acceptors (Lipinski definition) is 3. The van der Waals surface area contributed by atoms with Gasteiger partial charge in [-0.2, -0.15) is 0 Å². The van der Waals surface area contributed by atoms with Gasteiger partial charge in [0.25, 0.3) is 0 Å². The fraction of sp³-hybridized carbons (Fsp3) is 0.917. The molecule has 0 heterocycles. The van der Waals surface area contributed by atoms with E-state index in [1.165, 1.54) is 19.3 Å². The number of hydrogen-bond donors (Lipinski definition) is 2. The molecule has 158 valence electrons. The lowest BCUT2D eigenvalue weighted by atomic mass is 9.44. The molecule has 4 rings (SSSR count). The summed E-state index contributed by atoms with van der Waals surface area (Å²) in [7, 11) is 0. The first-order valence-electron chi connectivity index (χ1n) is 11.6. The van der Waals surface area contributed by atoms with Crippen molar-refractivity contribution in [2.24, 2.45) is 46.3 Å². The SMILES string of the molecule is C[C@H](CCC(=O)O)[C@H]1CC[C@H]2[C@@H]3CC[C@H]4CC(=O)CC[C@]4(C)[C@H]3C[C@@H](O)[C@]12C. The predicted octanol–water partition coefficient (Wildman–Crippen LogP) is 4.69. The Morgan fingerprint density at radius 3 is 2.64 bits per heavy atom. The summed E-state index contributed by atoms with van der Waals surface area (Å²) in [6.07, 6.45) is 8.69. The van der Waals surface area contributed by atoms with Gasteiger partial charge in [-0.05, 0) is 91.3 Å². The van der Waals surface area contributed by atoms with Crippen molar-refractivity contribution in [1.82, 2.24) is 0 Å². The molecule has 0 aromatic carbocycles. The number of rotatable bonds is 4. The van der Waals surface area contributed by atoms with E-state index in [0.717, 1.165) is 32.1 Å². The summed E-state index contributed by atoms with van der Waals surface area (Å²) in [4.78, 5) is 23.1. The molecule has 28 heavy (non-hydrogen) atoms. The van der Waals surface area contributed by atoms with Crippen molar-refractivity contribution in [1.29, 1.82) is 0 Å². The molecule has 0 amide bonds. The van der Waals surface area contributed by atoms with Crippen LogP contribution in [0.5, 0.6) is 0 Å². The summed E-state index contributed by atoms with van der Waals surface area (Å²) >= 11 is 0. The second kappa shape index (κ2) is 7.11. The number of Topliss-reactive ketones (excluding diaryl/α,β-unsaturated/α-hetero) is 1. The minimum Gasteiger partial charge on any atom is -0.481 e. The molecular formula is C24H38O4. The molecule has 4 aliphatic carbocycles. The van der Waals surface area contributed by atoms with Gasteiger partial charge in [0.1, 0.15) is 5.78 Å². The average molecular weight is 391 g/mol. The van der Waals surface area contributed by atoms with Gasteiger partial charge < -0.3 is 10.2 Å². The quantitative estimate of drug-likeness (QED) is 0.730. The first kappa shape index (κ1) is 20.4. The maximum Gasteiger partial charge on any atom is 0.303 e. The van der Waals surface area contributed by atoms with Crippen molar-refractivity contribution < 1.29 is 19.8 Å². The van der Waals surface area contributed by atoms with Gasteiger partial charge in [-0.1, -0.05) is 20.8 Å². The van der Waals surface area contributed by atoms with Crippen molar-refractivity contribution in [3.8, 4) is 0 Å². The van der Waals surface area contributed by atoms with Gasteiger partial charge in [-0.3, -0.25) is 9.59 Å². The highest BCUT2D eigenvalue weighted by Crippen LogP contribution is 2.68. The molecule has 4 saturated carbocycles. The van der Waals surface area contributed by atoms with Crippen molar-refractivity contribution in [3.05, 3.63) is 0 Å². The van der Waals surface area contributed by atoms with Crippen molar-refractivity contribution in [2.75, 3.05) is 0 Å². The number of aliphatic hydroxyl groups is 1. The highest BCUT2D eigenvalue weighted by atomic mass is 16.4. The summed E-state index contributed by atoms with van der Waals surface area (Å²) in [5, 5.41) is 20.5. The van der Waals surface area contributed by atoms with Crippen molar-refractivity contribution >= 4 is 11.8 Å². The van der Waals surface area contributed by atoms with E-state index in [-0.39, 0.29) is 23.4 Å². The summed E-state index contributed by atoms with van der Waals surface area (Å²) in [6.45, 7) is 6.93. The van der Waals surface area contributed by atoms with E-state index in [1.54, 1.807) is 0 Å². The molecule has 4 aliphatic rings. The first-order valence-corrected chi connectivity index (χ1v) is 11.6. The standard InChI is InChI=1S/C24H38O4/c1-14(4-9-22(27)28)18-7-8-19-17-6-5-15-12-16(25)10-11-23(15,2)20(17)13-21(26)24(18,19)3/h14-15,17-21,26H,4-13H2,1-3H3,(H,27,28)/t14-,15+,17+,18-,19+,20+,21-,23+,24-/m1/s1. The fourth-order valence-corrected chi connectivity index (χ4v) is 8.52. The number of carbonyl (C=O) groups is 2. The lowest BCUT2D eigenvalue weighted by Crippen LogP contribution is -2.58. The van der Waals surface area contributed by atoms with Crippen LogP contribution in [0.2, 0.25) is 0 Å². The zero-order valence-corrected chi connectivity index (χ0v) is 17.8. The van der Waals surface area contributed by atoms with E-state index in [0.29, 0.717) is 47.7 Å². The highest BCUT2D eigenvalue weighted by molar-refractivity contribution is 5.79. The summed E-state index contributed by atoms with van der Waals surface area (Å²) in [5.74, 6) is 2.76. The molecule has 2 N–H and O–H groups in total. The number of aliphatic hydroxyl groups excluding tert-OH is 1. The van der Waals surface area contributed by atoms with Crippen LogP contribution in [0.25, 0.3) is 0 Å². The number of carboxylic acids is 1. The first-order chi connectivity index (χ1) is 13.2. The molecule has 0 aromatic heterocycles. The molecule has 0 aromatic rings. The monoisotopic (exact) mass is 390 g/mol. The Hall–Kier alpha value is -0.900. The molecule has 4 fully saturated rings. The summed E-state index contributed by atoms with van der Waals surface area (Å²) < 4.78 is 0. The number of carbonyl (C=O) groups excluding carboxylic acids is 1. The van der Waals surface area contributed by atoms with E-state index in [1.807, 2.05) is 0 Å². The van der Waals surface area contributed by atoms with Crippen LogP contribution in [0.1, 0.15) is 85.0 Å². The van der Waals surface area contributed by atoms with Gasteiger partial charge in [0.2, 0.25) is 0 Å². The Morgan fingerprint density at radius 1 is 1.18 bits per heavy atom. The Balaban J connectivity index is 1.57. The second-order valence-corrected chi connectivity index (χ2v) is 11.1. The minimum absolute atomic E-state index is 0.0766. The van der Waals surface area contributed by atoms with E-state index >= 15 is 0 Å². The van der Waals surface area contributed by atoms with Gasteiger partial charge in [0.05, 0.1) is 6.10 Å². The topological polar surface area (TPSA) is 74.6 Å². The third-order valence-electron chi connectivity index (χ3n) is 10.2. The molecule has 0 unspecified atom stereocenters. The van der Waals surface area contributed by atoms with Gasteiger partial charge in [0.15, 0.2) is 0 Å². The van der Waals surface area contributed by atoms with Gasteiger partial charge in [-0.25, -0.2) is 0 Å². The number of aliphatic carboxylic acids is 1. The maximum atomic E-state index is 12.1. The molecule has 0 bridgehead atoms. The summed E-state index contributed by atoms with van der Waals surface area (Å²) in [6, 6.07) is 0. The Kier molecular flexibility index (Phi) is 5.17. The van der Waals surface area contributed by atoms with Gasteiger partial charge in [-0.15, -0.1) is 0 Å². The third-order valence-corrected chi connectivity index (χ3v) is 10.2. The molecule has 9 atom stereocenters. The Morgan fingerprint density at radius 2 is 1.93 bits per heavy atom. The van der Waals surface area contributed by atoms with Crippen LogP contribution in [-0.4, -0.2) is 28.1 Å². The van der Waals surface area contributed by atoms with Crippen LogP contribution in [0, 0.1) is 46.3 Å². The zero-order valence-electron chi connectivity index (χ0n) is 17.8. The van der Waals surface area contributed by atoms with Gasteiger partial charge >= 0.3 is 5.97 Å². The van der Waals surface area contributed by atoms with E-state index in [2.05, 4.69) is 20.8 Å². The van der Waals surface area contributed by atoms with Crippen LogP contribution in [0.15, 0.2) is 0 Å². The number of carboxylic acid groups (broad SMARTS) is 1. The predicted molar refractivity (Wildman–Crippen MR) is 108 cm³/mol. The Labute approximate surface area is 169 Å². The van der Waals surface area contributed by atoms with Crippen LogP contribution >= 0.6 is 0 Å². The van der Waals surface area contributed by atoms with E-state index < -0.39 is 5.97 Å². The van der Waals surface area contributed by atoms with Gasteiger partial charge in [0, 0.05) is 19.3 Å². The molecule has 0 aliphatic heterocycles. The normalized spacial score (nSPS) is 49.1. The molecule has 4 nitrogen and oxygen atoms in total. The number of fused-ring (bicyclic) bond motifs is 5. The minimum atomic E-state index is -0.714. The van der Waals surface area contributed by atoms with Crippen molar-refractivity contribution in [3.63, 3.8) is 0 Å². The molecular weight excluding hydrogens is 352 g/mol. The molecule has 0 spiro atoms. The average Bonchev–Trinajstić information content (AvgIpc) is 3.00. The zero-order chi connectivity index (χ0) is 20.3. The summed E-state index contributed by atoms with van der Waals surface area (Å²) in [5.41, 5.74) is 0.138. The Bertz CT molecular complexity index is 645. The van der Waals surface area contributed by atoms with Crippen LogP contribution in [-0.2, 0) is 9.59 Å². The van der Waals surface area contributed by atoms with E-state index in [4.69, 9.17) is 5.11 Å².